The molecule has 2 aromatic heterocycles. The van der Waals surface area contributed by atoms with Crippen LogP contribution in [-0.2, 0) is 4.74 Å². The minimum absolute atomic E-state index is 0.169. The van der Waals surface area contributed by atoms with Crippen LogP contribution in [0.3, 0.4) is 0 Å². The predicted octanol–water partition coefficient (Wildman–Crippen LogP) is 3.30. The van der Waals surface area contributed by atoms with E-state index in [9.17, 15) is 9.59 Å². The van der Waals surface area contributed by atoms with Crippen molar-refractivity contribution in [3.63, 3.8) is 0 Å². The molecule has 3 rings (SSSR count). The monoisotopic (exact) mass is 326 g/mol. The highest BCUT2D eigenvalue weighted by Gasteiger charge is 2.14. The molecule has 5 nitrogen and oxygen atoms in total. The van der Waals surface area contributed by atoms with Crippen molar-refractivity contribution in [3.8, 4) is 0 Å². The Bertz CT molecular complexity index is 925. The third-order valence-corrected chi connectivity index (χ3v) is 3.53. The van der Waals surface area contributed by atoms with Crippen LogP contribution in [0.25, 0.3) is 10.9 Å². The van der Waals surface area contributed by atoms with E-state index in [1.807, 2.05) is 0 Å². The van der Waals surface area contributed by atoms with Gasteiger partial charge in [-0.3, -0.25) is 14.8 Å². The van der Waals surface area contributed by atoms with E-state index in [4.69, 9.17) is 11.6 Å². The summed E-state index contributed by atoms with van der Waals surface area (Å²) in [4.78, 5) is 32.3. The maximum atomic E-state index is 12.6. The molecule has 1 aromatic carbocycles. The van der Waals surface area contributed by atoms with Gasteiger partial charge in [-0.05, 0) is 36.4 Å². The first kappa shape index (κ1) is 15.1. The highest BCUT2D eigenvalue weighted by atomic mass is 35.5. The van der Waals surface area contributed by atoms with Crippen molar-refractivity contribution in [2.45, 2.75) is 0 Å². The molecule has 0 spiro atoms. The maximum absolute atomic E-state index is 12.6. The normalized spacial score (nSPS) is 10.5. The molecule has 0 saturated heterocycles. The molecule has 0 atom stereocenters. The molecule has 2 heterocycles. The first-order chi connectivity index (χ1) is 11.1. The van der Waals surface area contributed by atoms with E-state index in [0.29, 0.717) is 10.6 Å². The molecular formula is C17H11ClN2O3. The van der Waals surface area contributed by atoms with Gasteiger partial charge < -0.3 is 4.74 Å². The van der Waals surface area contributed by atoms with E-state index in [-0.39, 0.29) is 17.0 Å². The smallest absolute Gasteiger partial charge is 0.337 e. The van der Waals surface area contributed by atoms with Crippen molar-refractivity contribution in [1.82, 2.24) is 9.97 Å². The van der Waals surface area contributed by atoms with Crippen molar-refractivity contribution >= 4 is 34.3 Å². The first-order valence-corrected chi connectivity index (χ1v) is 7.10. The fourth-order valence-corrected chi connectivity index (χ4v) is 2.36. The van der Waals surface area contributed by atoms with Crippen LogP contribution >= 0.6 is 11.6 Å². The van der Waals surface area contributed by atoms with E-state index in [2.05, 4.69) is 14.7 Å². The molecule has 6 heteroatoms. The van der Waals surface area contributed by atoms with Gasteiger partial charge in [0.1, 0.15) is 5.69 Å². The lowest BCUT2D eigenvalue weighted by Gasteiger charge is -2.04. The molecule has 0 amide bonds. The maximum Gasteiger partial charge on any atom is 0.337 e. The summed E-state index contributed by atoms with van der Waals surface area (Å²) in [6.45, 7) is 0. The molecule has 0 N–H and O–H groups in total. The van der Waals surface area contributed by atoms with Crippen molar-refractivity contribution in [2.75, 3.05) is 7.11 Å². The number of methoxy groups -OCH3 is 1. The number of carbonyl (C=O) groups is 2. The number of ketones is 1. The summed E-state index contributed by atoms with van der Waals surface area (Å²) in [5, 5.41) is 1.25. The zero-order valence-electron chi connectivity index (χ0n) is 12.1. The van der Waals surface area contributed by atoms with E-state index in [1.165, 1.54) is 25.4 Å². The summed E-state index contributed by atoms with van der Waals surface area (Å²) in [7, 11) is 1.28. The molecule has 0 radical (unpaired) electrons. The van der Waals surface area contributed by atoms with Crippen LogP contribution < -0.4 is 0 Å². The zero-order valence-corrected chi connectivity index (χ0v) is 12.9. The number of ether oxygens (including phenoxy) is 1. The minimum Gasteiger partial charge on any atom is -0.465 e. The standard InChI is InChI=1S/C17H11ClN2O3/c1-23-17(22)11-4-5-19-15(8-11)16(21)10-2-3-14-12(6-10)7-13(18)9-20-14/h2-9H,1H3. The molecule has 0 saturated carbocycles. The minimum atomic E-state index is -0.518. The molecule has 0 aliphatic heterocycles. The number of hydrogen-bond acceptors (Lipinski definition) is 5. The van der Waals surface area contributed by atoms with Gasteiger partial charge in [-0.2, -0.15) is 0 Å². The summed E-state index contributed by atoms with van der Waals surface area (Å²) in [6, 6.07) is 9.74. The highest BCUT2D eigenvalue weighted by molar-refractivity contribution is 6.31. The summed E-state index contributed by atoms with van der Waals surface area (Å²) < 4.78 is 4.65. The fourth-order valence-electron chi connectivity index (χ4n) is 2.19. The Morgan fingerprint density at radius 1 is 1.04 bits per heavy atom. The van der Waals surface area contributed by atoms with Gasteiger partial charge in [0, 0.05) is 23.3 Å². The molecule has 23 heavy (non-hydrogen) atoms. The van der Waals surface area contributed by atoms with Crippen LogP contribution in [0.4, 0.5) is 0 Å². The van der Waals surface area contributed by atoms with Gasteiger partial charge in [0.05, 0.1) is 23.2 Å². The summed E-state index contributed by atoms with van der Waals surface area (Å²) >= 11 is 5.93. The number of hydrogen-bond donors (Lipinski definition) is 0. The molecule has 0 aliphatic rings. The molecule has 114 valence electrons. The molecule has 0 unspecified atom stereocenters. The Hall–Kier alpha value is -2.79. The average molecular weight is 327 g/mol. The van der Waals surface area contributed by atoms with Crippen LogP contribution in [0.1, 0.15) is 26.4 Å². The van der Waals surface area contributed by atoms with Crippen LogP contribution in [0.15, 0.2) is 48.8 Å². The van der Waals surface area contributed by atoms with Crippen LogP contribution in [-0.4, -0.2) is 28.8 Å². The van der Waals surface area contributed by atoms with Crippen LogP contribution in [0, 0.1) is 0 Å². The van der Waals surface area contributed by atoms with Crippen LogP contribution in [0.2, 0.25) is 5.02 Å². The number of pyridine rings is 2. The van der Waals surface area contributed by atoms with E-state index >= 15 is 0 Å². The van der Waals surface area contributed by atoms with Crippen molar-refractivity contribution < 1.29 is 14.3 Å². The number of rotatable bonds is 3. The lowest BCUT2D eigenvalue weighted by Crippen LogP contribution is -2.08. The Morgan fingerprint density at radius 3 is 2.65 bits per heavy atom. The number of fused-ring (bicyclic) bond motifs is 1. The Balaban J connectivity index is 2.01. The number of nitrogens with zero attached hydrogens (tertiary/aromatic N) is 2. The number of benzene rings is 1. The van der Waals surface area contributed by atoms with Gasteiger partial charge in [0.25, 0.3) is 0 Å². The van der Waals surface area contributed by atoms with Gasteiger partial charge >= 0.3 is 5.97 Å². The number of carbonyl (C=O) groups excluding carboxylic acids is 2. The van der Waals surface area contributed by atoms with Gasteiger partial charge in [0.2, 0.25) is 5.78 Å². The first-order valence-electron chi connectivity index (χ1n) is 6.73. The van der Waals surface area contributed by atoms with Gasteiger partial charge in [-0.1, -0.05) is 11.6 Å². The molecule has 0 fully saturated rings. The van der Waals surface area contributed by atoms with Crippen molar-refractivity contribution in [2.24, 2.45) is 0 Å². The summed E-state index contributed by atoms with van der Waals surface area (Å²) in [5.74, 6) is -0.812. The Kier molecular flexibility index (Phi) is 4.04. The fraction of sp³-hybridized carbons (Fsp3) is 0.0588. The summed E-state index contributed by atoms with van der Waals surface area (Å²) in [5.41, 5.74) is 1.62. The average Bonchev–Trinajstić information content (AvgIpc) is 2.59. The second-order valence-electron chi connectivity index (χ2n) is 4.81. The largest absolute Gasteiger partial charge is 0.465 e. The third kappa shape index (κ3) is 3.05. The van der Waals surface area contributed by atoms with Gasteiger partial charge in [0.15, 0.2) is 0 Å². The lowest BCUT2D eigenvalue weighted by atomic mass is 10.0. The zero-order chi connectivity index (χ0) is 16.4. The number of esters is 1. The topological polar surface area (TPSA) is 69.2 Å². The number of halogens is 1. The Labute approximate surface area is 136 Å². The molecule has 0 aliphatic carbocycles. The van der Waals surface area contributed by atoms with Gasteiger partial charge in [-0.25, -0.2) is 4.79 Å². The van der Waals surface area contributed by atoms with E-state index in [0.717, 1.165) is 10.9 Å². The highest BCUT2D eigenvalue weighted by Crippen LogP contribution is 2.20. The number of aromatic nitrogens is 2. The van der Waals surface area contributed by atoms with E-state index in [1.54, 1.807) is 30.5 Å². The van der Waals surface area contributed by atoms with Crippen LogP contribution in [0.5, 0.6) is 0 Å². The van der Waals surface area contributed by atoms with Crippen molar-refractivity contribution in [1.29, 1.82) is 0 Å². The second kappa shape index (κ2) is 6.14. The lowest BCUT2D eigenvalue weighted by molar-refractivity contribution is 0.0600. The Morgan fingerprint density at radius 2 is 1.87 bits per heavy atom. The predicted molar refractivity (Wildman–Crippen MR) is 85.8 cm³/mol. The molecular weight excluding hydrogens is 316 g/mol. The quantitative estimate of drug-likeness (QED) is 0.545. The van der Waals surface area contributed by atoms with E-state index < -0.39 is 5.97 Å². The molecule has 3 aromatic rings. The second-order valence-corrected chi connectivity index (χ2v) is 5.25. The third-order valence-electron chi connectivity index (χ3n) is 3.32. The summed E-state index contributed by atoms with van der Waals surface area (Å²) in [6.07, 6.45) is 2.95. The van der Waals surface area contributed by atoms with Crippen molar-refractivity contribution in [3.05, 3.63) is 70.6 Å². The SMILES string of the molecule is COC(=O)c1ccnc(C(=O)c2ccc3ncc(Cl)cc3c2)c1. The molecule has 0 bridgehead atoms. The van der Waals surface area contributed by atoms with Gasteiger partial charge in [-0.15, -0.1) is 0 Å².